The van der Waals surface area contributed by atoms with Crippen LogP contribution < -0.4 is 15.0 Å². The Balaban J connectivity index is 1.71. The molecule has 1 amide bonds. The van der Waals surface area contributed by atoms with Crippen LogP contribution in [0.15, 0.2) is 42.5 Å². The number of hydrogen-bond acceptors (Lipinski definition) is 4. The van der Waals surface area contributed by atoms with E-state index in [-0.39, 0.29) is 24.3 Å². The number of carbonyl (C=O) groups is 1. The quantitative estimate of drug-likeness (QED) is 0.776. The van der Waals surface area contributed by atoms with Crippen molar-refractivity contribution in [2.75, 3.05) is 18.6 Å². The molecule has 4 rings (SSSR count). The number of anilines is 1. The van der Waals surface area contributed by atoms with Crippen LogP contribution in [0.2, 0.25) is 0 Å². The van der Waals surface area contributed by atoms with Crippen molar-refractivity contribution in [3.8, 4) is 5.75 Å². The topological polar surface area (TPSA) is 50.8 Å². The molecule has 0 fully saturated rings. The molecule has 3 atom stereocenters. The molecule has 0 bridgehead atoms. The monoisotopic (exact) mass is 394 g/mol. The lowest BCUT2D eigenvalue weighted by Gasteiger charge is -2.46. The second-order valence-electron chi connectivity index (χ2n) is 8.13. The summed E-state index contributed by atoms with van der Waals surface area (Å²) in [5.74, 6) is 1.14. The van der Waals surface area contributed by atoms with E-state index in [4.69, 9.17) is 9.47 Å². The van der Waals surface area contributed by atoms with E-state index < -0.39 is 0 Å². The molecule has 5 nitrogen and oxygen atoms in total. The number of hydrogen-bond donors (Lipinski definition) is 1. The van der Waals surface area contributed by atoms with E-state index in [0.717, 1.165) is 42.0 Å². The largest absolute Gasteiger partial charge is 0.491 e. The summed E-state index contributed by atoms with van der Waals surface area (Å²) < 4.78 is 11.5. The van der Waals surface area contributed by atoms with E-state index in [2.05, 4.69) is 23.2 Å². The van der Waals surface area contributed by atoms with Crippen LogP contribution in [0.1, 0.15) is 67.2 Å². The van der Waals surface area contributed by atoms with Crippen molar-refractivity contribution < 1.29 is 14.3 Å². The number of benzene rings is 2. The SMILES string of the molecule is CCC(OC)C1CCN2c3c(cccc31)C(=O)NC2c1ccc(OC(C)C)cc1. The predicted octanol–water partition coefficient (Wildman–Crippen LogP) is 4.63. The van der Waals surface area contributed by atoms with Crippen molar-refractivity contribution in [1.82, 2.24) is 5.32 Å². The van der Waals surface area contributed by atoms with Crippen molar-refractivity contribution in [3.05, 3.63) is 59.2 Å². The minimum atomic E-state index is -0.173. The molecule has 2 aliphatic heterocycles. The lowest BCUT2D eigenvalue weighted by atomic mass is 9.81. The van der Waals surface area contributed by atoms with Gasteiger partial charge in [0.15, 0.2) is 0 Å². The Labute approximate surface area is 173 Å². The maximum Gasteiger partial charge on any atom is 0.255 e. The van der Waals surface area contributed by atoms with Gasteiger partial charge in [-0.3, -0.25) is 4.79 Å². The molecule has 0 radical (unpaired) electrons. The average molecular weight is 395 g/mol. The Morgan fingerprint density at radius 3 is 2.59 bits per heavy atom. The van der Waals surface area contributed by atoms with Gasteiger partial charge in [0.05, 0.1) is 23.5 Å². The average Bonchev–Trinajstić information content (AvgIpc) is 2.72. The minimum Gasteiger partial charge on any atom is -0.491 e. The van der Waals surface area contributed by atoms with Crippen LogP contribution in [0, 0.1) is 0 Å². The van der Waals surface area contributed by atoms with Gasteiger partial charge < -0.3 is 19.7 Å². The number of nitrogens with one attached hydrogen (secondary N) is 1. The Bertz CT molecular complexity index is 874. The zero-order valence-electron chi connectivity index (χ0n) is 17.6. The number of carbonyl (C=O) groups excluding carboxylic acids is 1. The molecule has 0 aliphatic carbocycles. The van der Waals surface area contributed by atoms with Crippen molar-refractivity contribution in [3.63, 3.8) is 0 Å². The molecular weight excluding hydrogens is 364 g/mol. The van der Waals surface area contributed by atoms with E-state index in [1.807, 2.05) is 50.2 Å². The summed E-state index contributed by atoms with van der Waals surface area (Å²) >= 11 is 0. The third kappa shape index (κ3) is 3.60. The Hall–Kier alpha value is -2.53. The van der Waals surface area contributed by atoms with Crippen LogP contribution in [-0.2, 0) is 4.74 Å². The third-order valence-electron chi connectivity index (χ3n) is 5.98. The summed E-state index contributed by atoms with van der Waals surface area (Å²) in [6.45, 7) is 7.07. The van der Waals surface area contributed by atoms with Crippen LogP contribution in [0.4, 0.5) is 5.69 Å². The molecule has 2 aromatic rings. The molecular formula is C24H30N2O3. The number of ether oxygens (including phenoxy) is 2. The second kappa shape index (κ2) is 8.07. The van der Waals surface area contributed by atoms with Gasteiger partial charge in [0.25, 0.3) is 5.91 Å². The zero-order valence-corrected chi connectivity index (χ0v) is 17.6. The molecule has 3 unspecified atom stereocenters. The number of methoxy groups -OCH3 is 1. The molecule has 0 spiro atoms. The molecule has 2 aromatic carbocycles. The van der Waals surface area contributed by atoms with Crippen molar-refractivity contribution >= 4 is 11.6 Å². The highest BCUT2D eigenvalue weighted by Gasteiger charge is 2.39. The lowest BCUT2D eigenvalue weighted by Crippen LogP contribution is -2.50. The van der Waals surface area contributed by atoms with E-state index in [9.17, 15) is 4.79 Å². The van der Waals surface area contributed by atoms with Gasteiger partial charge in [0.1, 0.15) is 11.9 Å². The fourth-order valence-corrected chi connectivity index (χ4v) is 4.71. The van der Waals surface area contributed by atoms with E-state index in [1.165, 1.54) is 5.56 Å². The Morgan fingerprint density at radius 1 is 1.17 bits per heavy atom. The fraction of sp³-hybridized carbons (Fsp3) is 0.458. The van der Waals surface area contributed by atoms with Gasteiger partial charge in [-0.25, -0.2) is 0 Å². The van der Waals surface area contributed by atoms with Gasteiger partial charge >= 0.3 is 0 Å². The van der Waals surface area contributed by atoms with Gasteiger partial charge in [-0.05, 0) is 56.0 Å². The first-order valence-corrected chi connectivity index (χ1v) is 10.5. The van der Waals surface area contributed by atoms with Crippen molar-refractivity contribution in [2.45, 2.75) is 57.9 Å². The van der Waals surface area contributed by atoms with Gasteiger partial charge in [0.2, 0.25) is 0 Å². The third-order valence-corrected chi connectivity index (χ3v) is 5.98. The first-order chi connectivity index (χ1) is 14.0. The summed E-state index contributed by atoms with van der Waals surface area (Å²) in [5.41, 5.74) is 4.11. The number of para-hydroxylation sites is 1. The predicted molar refractivity (Wildman–Crippen MR) is 115 cm³/mol. The Morgan fingerprint density at radius 2 is 1.93 bits per heavy atom. The molecule has 154 valence electrons. The smallest absolute Gasteiger partial charge is 0.255 e. The number of nitrogens with zero attached hydrogens (tertiary/aromatic N) is 1. The van der Waals surface area contributed by atoms with Crippen LogP contribution in [0.5, 0.6) is 5.75 Å². The standard InChI is InChI=1S/C24H30N2O3/c1-5-21(28-4)18-13-14-26-22-19(18)7-6-8-20(22)24(27)25-23(26)16-9-11-17(12-10-16)29-15(2)3/h6-12,15,18,21,23H,5,13-14H2,1-4H3,(H,25,27). The highest BCUT2D eigenvalue weighted by molar-refractivity contribution is 6.03. The maximum atomic E-state index is 12.9. The molecule has 0 saturated carbocycles. The Kier molecular flexibility index (Phi) is 5.50. The van der Waals surface area contributed by atoms with Gasteiger partial charge in [0, 0.05) is 19.6 Å². The summed E-state index contributed by atoms with van der Waals surface area (Å²) in [6, 6.07) is 14.1. The normalized spacial score (nSPS) is 21.6. The van der Waals surface area contributed by atoms with Gasteiger partial charge in [-0.15, -0.1) is 0 Å². The lowest BCUT2D eigenvalue weighted by molar-refractivity contribution is 0.0710. The van der Waals surface area contributed by atoms with Crippen LogP contribution in [0.3, 0.4) is 0 Å². The summed E-state index contributed by atoms with van der Waals surface area (Å²) in [6.07, 6.45) is 2.09. The number of rotatable bonds is 6. The fourth-order valence-electron chi connectivity index (χ4n) is 4.71. The first-order valence-electron chi connectivity index (χ1n) is 10.5. The first kappa shape index (κ1) is 19.8. The van der Waals surface area contributed by atoms with E-state index in [1.54, 1.807) is 7.11 Å². The minimum absolute atomic E-state index is 0.0169. The van der Waals surface area contributed by atoms with E-state index >= 15 is 0 Å². The zero-order chi connectivity index (χ0) is 20.5. The van der Waals surface area contributed by atoms with Crippen LogP contribution in [0.25, 0.3) is 0 Å². The van der Waals surface area contributed by atoms with Gasteiger partial charge in [-0.2, -0.15) is 0 Å². The van der Waals surface area contributed by atoms with Crippen LogP contribution >= 0.6 is 0 Å². The molecule has 1 N–H and O–H groups in total. The molecule has 0 aromatic heterocycles. The maximum absolute atomic E-state index is 12.9. The highest BCUT2D eigenvalue weighted by Crippen LogP contribution is 2.45. The summed E-state index contributed by atoms with van der Waals surface area (Å²) in [7, 11) is 1.78. The molecule has 0 saturated heterocycles. The van der Waals surface area contributed by atoms with E-state index in [0.29, 0.717) is 5.92 Å². The van der Waals surface area contributed by atoms with Crippen LogP contribution in [-0.4, -0.2) is 31.8 Å². The molecule has 29 heavy (non-hydrogen) atoms. The summed E-state index contributed by atoms with van der Waals surface area (Å²) in [5, 5.41) is 3.20. The van der Waals surface area contributed by atoms with Crippen molar-refractivity contribution in [2.24, 2.45) is 0 Å². The summed E-state index contributed by atoms with van der Waals surface area (Å²) in [4.78, 5) is 15.3. The number of amides is 1. The molecule has 2 aliphatic rings. The van der Waals surface area contributed by atoms with Gasteiger partial charge in [-0.1, -0.05) is 31.2 Å². The highest BCUT2D eigenvalue weighted by atomic mass is 16.5. The molecule has 5 heteroatoms. The second-order valence-corrected chi connectivity index (χ2v) is 8.13. The van der Waals surface area contributed by atoms with Crippen molar-refractivity contribution in [1.29, 1.82) is 0 Å². The molecule has 2 heterocycles.